The van der Waals surface area contributed by atoms with E-state index in [2.05, 4.69) is 16.0 Å². The maximum atomic E-state index is 11.9. The van der Waals surface area contributed by atoms with Crippen LogP contribution >= 0.6 is 12.4 Å². The van der Waals surface area contributed by atoms with Crippen molar-refractivity contribution in [3.8, 4) is 0 Å². The van der Waals surface area contributed by atoms with Crippen LogP contribution in [0.4, 0.5) is 10.5 Å². The molecule has 1 rings (SSSR count). The number of hydrogen-bond donors (Lipinski definition) is 4. The first kappa shape index (κ1) is 18.2. The number of anilines is 1. The van der Waals surface area contributed by atoms with Gasteiger partial charge < -0.3 is 21.7 Å². The average Bonchev–Trinajstić information content (AvgIpc) is 2.36. The van der Waals surface area contributed by atoms with Crippen molar-refractivity contribution in [2.75, 3.05) is 18.4 Å². The summed E-state index contributed by atoms with van der Waals surface area (Å²) in [4.78, 5) is 22.6. The van der Waals surface area contributed by atoms with Gasteiger partial charge in [-0.25, -0.2) is 4.79 Å². The Labute approximate surface area is 124 Å². The molecule has 20 heavy (non-hydrogen) atoms. The summed E-state index contributed by atoms with van der Waals surface area (Å²) < 4.78 is 0. The summed E-state index contributed by atoms with van der Waals surface area (Å²) in [7, 11) is 0. The maximum absolute atomic E-state index is 11.9. The molecule has 6 nitrogen and oxygen atoms in total. The lowest BCUT2D eigenvalue weighted by Gasteiger charge is -2.13. The predicted molar refractivity (Wildman–Crippen MR) is 82.4 cm³/mol. The van der Waals surface area contributed by atoms with Gasteiger partial charge in [0.05, 0.1) is 0 Å². The lowest BCUT2D eigenvalue weighted by atomic mass is 10.2. The van der Waals surface area contributed by atoms with E-state index in [0.29, 0.717) is 17.8 Å². The summed E-state index contributed by atoms with van der Waals surface area (Å²) in [6, 6.07) is 6.17. The monoisotopic (exact) mass is 300 g/mol. The molecule has 0 aliphatic rings. The Bertz CT molecular complexity index is 454. The second-order valence-corrected chi connectivity index (χ2v) is 4.24. The number of primary amides is 1. The van der Waals surface area contributed by atoms with Crippen molar-refractivity contribution in [3.05, 3.63) is 29.8 Å². The summed E-state index contributed by atoms with van der Waals surface area (Å²) in [5, 5.41) is 8.45. The molecule has 0 radical (unpaired) electrons. The zero-order valence-electron chi connectivity index (χ0n) is 11.6. The van der Waals surface area contributed by atoms with E-state index in [1.54, 1.807) is 24.3 Å². The first-order chi connectivity index (χ1) is 9.02. The smallest absolute Gasteiger partial charge is 0.316 e. The van der Waals surface area contributed by atoms with E-state index in [-0.39, 0.29) is 24.4 Å². The fourth-order valence-corrected chi connectivity index (χ4v) is 1.65. The van der Waals surface area contributed by atoms with Crippen molar-refractivity contribution in [2.45, 2.75) is 19.9 Å². The number of nitrogens with one attached hydrogen (secondary N) is 3. The third kappa shape index (κ3) is 6.40. The molecule has 0 aliphatic carbocycles. The van der Waals surface area contributed by atoms with E-state index in [9.17, 15) is 9.59 Å². The van der Waals surface area contributed by atoms with Crippen molar-refractivity contribution in [1.29, 1.82) is 0 Å². The van der Waals surface area contributed by atoms with Crippen molar-refractivity contribution in [3.63, 3.8) is 0 Å². The van der Waals surface area contributed by atoms with E-state index in [1.165, 1.54) is 0 Å². The van der Waals surface area contributed by atoms with Gasteiger partial charge in [-0.05, 0) is 31.7 Å². The van der Waals surface area contributed by atoms with Gasteiger partial charge in [-0.1, -0.05) is 13.0 Å². The molecule has 0 spiro atoms. The number of carbonyl (C=O) groups excluding carboxylic acids is 2. The molecular weight excluding hydrogens is 280 g/mol. The van der Waals surface area contributed by atoms with Crippen molar-refractivity contribution >= 4 is 30.0 Å². The van der Waals surface area contributed by atoms with Crippen LogP contribution in [0.15, 0.2) is 24.3 Å². The highest BCUT2D eigenvalue weighted by Gasteiger charge is 2.08. The Kier molecular flexibility index (Phi) is 8.35. The number of amides is 3. The number of hydrogen-bond acceptors (Lipinski definition) is 3. The van der Waals surface area contributed by atoms with Crippen LogP contribution in [0.5, 0.6) is 0 Å². The zero-order valence-corrected chi connectivity index (χ0v) is 12.4. The van der Waals surface area contributed by atoms with Gasteiger partial charge in [-0.15, -0.1) is 12.4 Å². The van der Waals surface area contributed by atoms with Gasteiger partial charge in [0.1, 0.15) is 0 Å². The first-order valence-electron chi connectivity index (χ1n) is 6.21. The van der Waals surface area contributed by atoms with E-state index in [4.69, 9.17) is 5.73 Å². The molecule has 7 heteroatoms. The Morgan fingerprint density at radius 1 is 1.35 bits per heavy atom. The van der Waals surface area contributed by atoms with E-state index in [1.807, 2.05) is 13.8 Å². The molecule has 1 aromatic rings. The molecule has 1 aromatic carbocycles. The molecule has 1 atom stereocenters. The van der Waals surface area contributed by atoms with Crippen LogP contribution in [0.2, 0.25) is 0 Å². The molecule has 0 aliphatic heterocycles. The second-order valence-electron chi connectivity index (χ2n) is 4.24. The summed E-state index contributed by atoms with van der Waals surface area (Å²) in [6.07, 6.45) is 0. The van der Waals surface area contributed by atoms with E-state index >= 15 is 0 Å². The van der Waals surface area contributed by atoms with Gasteiger partial charge in [-0.3, -0.25) is 4.79 Å². The predicted octanol–water partition coefficient (Wildman–Crippen LogP) is 1.33. The normalized spacial score (nSPS) is 11.1. The van der Waals surface area contributed by atoms with Crippen molar-refractivity contribution < 1.29 is 9.59 Å². The average molecular weight is 301 g/mol. The van der Waals surface area contributed by atoms with Crippen LogP contribution in [0.25, 0.3) is 0 Å². The second kappa shape index (κ2) is 9.17. The Morgan fingerprint density at radius 3 is 2.65 bits per heavy atom. The SMILES string of the molecule is CCN[C@H](C)CNC(=O)c1cccc(NC(N)=O)c1.Cl. The molecule has 5 N–H and O–H groups in total. The third-order valence-corrected chi connectivity index (χ3v) is 2.51. The fraction of sp³-hybridized carbons (Fsp3) is 0.385. The van der Waals surface area contributed by atoms with Gasteiger partial charge in [0.25, 0.3) is 5.91 Å². The van der Waals surface area contributed by atoms with Crippen LogP contribution < -0.4 is 21.7 Å². The third-order valence-electron chi connectivity index (χ3n) is 2.51. The van der Waals surface area contributed by atoms with Crippen LogP contribution in [0, 0.1) is 0 Å². The molecule has 0 heterocycles. The number of carbonyl (C=O) groups is 2. The molecule has 0 aromatic heterocycles. The number of rotatable bonds is 6. The van der Waals surface area contributed by atoms with Crippen LogP contribution in [0.1, 0.15) is 24.2 Å². The van der Waals surface area contributed by atoms with Gasteiger partial charge in [-0.2, -0.15) is 0 Å². The molecule has 0 bridgehead atoms. The molecular formula is C13H21ClN4O2. The highest BCUT2D eigenvalue weighted by molar-refractivity contribution is 5.96. The molecule has 0 unspecified atom stereocenters. The topological polar surface area (TPSA) is 96.2 Å². The van der Waals surface area contributed by atoms with Gasteiger partial charge in [0, 0.05) is 23.8 Å². The van der Waals surface area contributed by atoms with E-state index in [0.717, 1.165) is 6.54 Å². The molecule has 0 saturated heterocycles. The molecule has 112 valence electrons. The van der Waals surface area contributed by atoms with Gasteiger partial charge >= 0.3 is 6.03 Å². The molecule has 3 amide bonds. The standard InChI is InChI=1S/C13H20N4O2.ClH/c1-3-15-9(2)8-16-12(18)10-5-4-6-11(7-10)17-13(14)19;/h4-7,9,15H,3,8H2,1-2H3,(H,16,18)(H3,14,17,19);1H/t9-;/m1./s1. The lowest BCUT2D eigenvalue weighted by molar-refractivity contribution is 0.0950. The molecule has 0 saturated carbocycles. The minimum absolute atomic E-state index is 0. The minimum Gasteiger partial charge on any atom is -0.351 e. The first-order valence-corrected chi connectivity index (χ1v) is 6.21. The number of nitrogens with two attached hydrogens (primary N) is 1. The fourth-order valence-electron chi connectivity index (χ4n) is 1.65. The highest BCUT2D eigenvalue weighted by Crippen LogP contribution is 2.10. The number of benzene rings is 1. The van der Waals surface area contributed by atoms with Gasteiger partial charge in [0.15, 0.2) is 0 Å². The van der Waals surface area contributed by atoms with Crippen LogP contribution in [-0.4, -0.2) is 31.1 Å². The number of halogens is 1. The summed E-state index contributed by atoms with van der Waals surface area (Å²) in [5.41, 5.74) is 6.00. The largest absolute Gasteiger partial charge is 0.351 e. The lowest BCUT2D eigenvalue weighted by Crippen LogP contribution is -2.38. The summed E-state index contributed by atoms with van der Waals surface area (Å²) in [5.74, 6) is -0.183. The number of urea groups is 1. The highest BCUT2D eigenvalue weighted by atomic mass is 35.5. The zero-order chi connectivity index (χ0) is 14.3. The minimum atomic E-state index is -0.654. The maximum Gasteiger partial charge on any atom is 0.316 e. The van der Waals surface area contributed by atoms with Crippen LogP contribution in [-0.2, 0) is 0 Å². The van der Waals surface area contributed by atoms with Crippen LogP contribution in [0.3, 0.4) is 0 Å². The van der Waals surface area contributed by atoms with Crippen molar-refractivity contribution in [2.24, 2.45) is 5.73 Å². The summed E-state index contributed by atoms with van der Waals surface area (Å²) >= 11 is 0. The Hall–Kier alpha value is -1.79. The Balaban J connectivity index is 0.00000361. The summed E-state index contributed by atoms with van der Waals surface area (Å²) in [6.45, 7) is 5.40. The van der Waals surface area contributed by atoms with Gasteiger partial charge in [0.2, 0.25) is 0 Å². The van der Waals surface area contributed by atoms with Crippen molar-refractivity contribution in [1.82, 2.24) is 10.6 Å². The Morgan fingerprint density at radius 2 is 2.05 bits per heavy atom. The number of likely N-dealkylation sites (N-methyl/N-ethyl adjacent to an activating group) is 1. The van der Waals surface area contributed by atoms with E-state index < -0.39 is 6.03 Å². The molecule has 0 fully saturated rings. The quantitative estimate of drug-likeness (QED) is 0.638.